The number of aromatic nitrogens is 3. The van der Waals surface area contributed by atoms with E-state index in [1.54, 1.807) is 0 Å². The Morgan fingerprint density at radius 3 is 2.67 bits per heavy atom. The van der Waals surface area contributed by atoms with E-state index in [0.29, 0.717) is 5.82 Å². The maximum absolute atomic E-state index is 5.77. The SMILES string of the molecule is CCc1ccc(-c2[nH]nc(N)c2CC)[nH]1. The zero-order valence-corrected chi connectivity index (χ0v) is 9.09. The predicted octanol–water partition coefficient (Wildman–Crippen LogP) is 2.11. The second-order valence-corrected chi connectivity index (χ2v) is 3.57. The van der Waals surface area contributed by atoms with Gasteiger partial charge in [-0.25, -0.2) is 0 Å². The maximum Gasteiger partial charge on any atom is 0.149 e. The van der Waals surface area contributed by atoms with Gasteiger partial charge < -0.3 is 10.7 Å². The standard InChI is InChI=1S/C11H16N4/c1-3-7-5-6-9(13-7)10-8(4-2)11(12)15-14-10/h5-6,13H,3-4H2,1-2H3,(H3,12,14,15). The first kappa shape index (κ1) is 9.83. The number of rotatable bonds is 3. The van der Waals surface area contributed by atoms with Crippen molar-refractivity contribution in [2.75, 3.05) is 5.73 Å². The molecule has 2 aromatic heterocycles. The molecule has 0 aliphatic heterocycles. The van der Waals surface area contributed by atoms with Crippen LogP contribution in [0, 0.1) is 0 Å². The second kappa shape index (κ2) is 3.81. The molecule has 15 heavy (non-hydrogen) atoms. The number of nitrogens with one attached hydrogen (secondary N) is 2. The third kappa shape index (κ3) is 1.63. The summed E-state index contributed by atoms with van der Waals surface area (Å²) in [7, 11) is 0. The molecule has 0 bridgehead atoms. The quantitative estimate of drug-likeness (QED) is 0.716. The van der Waals surface area contributed by atoms with E-state index >= 15 is 0 Å². The Labute approximate surface area is 88.9 Å². The number of aromatic amines is 2. The Morgan fingerprint density at radius 2 is 2.07 bits per heavy atom. The van der Waals surface area contributed by atoms with Gasteiger partial charge in [0, 0.05) is 11.3 Å². The van der Waals surface area contributed by atoms with Crippen molar-refractivity contribution in [1.29, 1.82) is 0 Å². The Bertz CT molecular complexity index is 453. The lowest BCUT2D eigenvalue weighted by atomic mass is 10.1. The van der Waals surface area contributed by atoms with Gasteiger partial charge in [-0.3, -0.25) is 5.10 Å². The average molecular weight is 204 g/mol. The molecule has 0 radical (unpaired) electrons. The van der Waals surface area contributed by atoms with E-state index in [2.05, 4.69) is 41.2 Å². The molecule has 0 amide bonds. The van der Waals surface area contributed by atoms with Gasteiger partial charge in [0.1, 0.15) is 5.82 Å². The topological polar surface area (TPSA) is 70.5 Å². The normalized spacial score (nSPS) is 10.8. The monoisotopic (exact) mass is 204 g/mol. The Morgan fingerprint density at radius 1 is 1.27 bits per heavy atom. The van der Waals surface area contributed by atoms with E-state index < -0.39 is 0 Å². The van der Waals surface area contributed by atoms with E-state index in [0.717, 1.165) is 29.8 Å². The molecule has 0 unspecified atom stereocenters. The summed E-state index contributed by atoms with van der Waals surface area (Å²) < 4.78 is 0. The number of hydrogen-bond donors (Lipinski definition) is 3. The van der Waals surface area contributed by atoms with Crippen LogP contribution < -0.4 is 5.73 Å². The third-order valence-corrected chi connectivity index (χ3v) is 2.65. The lowest BCUT2D eigenvalue weighted by molar-refractivity contribution is 1.05. The fourth-order valence-corrected chi connectivity index (χ4v) is 1.75. The van der Waals surface area contributed by atoms with Gasteiger partial charge in [0.25, 0.3) is 0 Å². The van der Waals surface area contributed by atoms with Crippen molar-refractivity contribution in [2.45, 2.75) is 26.7 Å². The van der Waals surface area contributed by atoms with E-state index in [4.69, 9.17) is 5.73 Å². The molecule has 4 heteroatoms. The number of aryl methyl sites for hydroxylation is 1. The fraction of sp³-hybridized carbons (Fsp3) is 0.364. The average Bonchev–Trinajstić information content (AvgIpc) is 2.83. The summed E-state index contributed by atoms with van der Waals surface area (Å²) in [5.74, 6) is 0.597. The first-order valence-corrected chi connectivity index (χ1v) is 5.27. The van der Waals surface area contributed by atoms with Crippen molar-refractivity contribution in [1.82, 2.24) is 15.2 Å². The molecular weight excluding hydrogens is 188 g/mol. The summed E-state index contributed by atoms with van der Waals surface area (Å²) in [5.41, 5.74) is 10.1. The highest BCUT2D eigenvalue weighted by Gasteiger charge is 2.11. The van der Waals surface area contributed by atoms with Crippen molar-refractivity contribution in [3.63, 3.8) is 0 Å². The highest BCUT2D eigenvalue weighted by Crippen LogP contribution is 2.24. The molecule has 0 fully saturated rings. The van der Waals surface area contributed by atoms with Gasteiger partial charge in [0.15, 0.2) is 0 Å². The summed E-state index contributed by atoms with van der Waals surface area (Å²) in [4.78, 5) is 3.34. The van der Waals surface area contributed by atoms with Crippen molar-refractivity contribution < 1.29 is 0 Å². The van der Waals surface area contributed by atoms with Crippen molar-refractivity contribution >= 4 is 5.82 Å². The number of nitrogens with zero attached hydrogens (tertiary/aromatic N) is 1. The molecule has 0 aliphatic carbocycles. The lowest BCUT2D eigenvalue weighted by Crippen LogP contribution is -1.91. The summed E-state index contributed by atoms with van der Waals surface area (Å²) in [6.07, 6.45) is 1.89. The molecule has 2 heterocycles. The van der Waals surface area contributed by atoms with Crippen molar-refractivity contribution in [2.24, 2.45) is 0 Å². The summed E-state index contributed by atoms with van der Waals surface area (Å²) in [5, 5.41) is 7.00. The van der Waals surface area contributed by atoms with Gasteiger partial charge in [0.05, 0.1) is 11.4 Å². The second-order valence-electron chi connectivity index (χ2n) is 3.57. The van der Waals surface area contributed by atoms with Crippen LogP contribution in [0.1, 0.15) is 25.1 Å². The molecule has 4 N–H and O–H groups in total. The molecular formula is C11H16N4. The van der Waals surface area contributed by atoms with Crippen molar-refractivity contribution in [3.8, 4) is 11.4 Å². The highest BCUT2D eigenvalue weighted by atomic mass is 15.2. The third-order valence-electron chi connectivity index (χ3n) is 2.65. The zero-order valence-electron chi connectivity index (χ0n) is 9.09. The smallest absolute Gasteiger partial charge is 0.149 e. The van der Waals surface area contributed by atoms with E-state index in [1.165, 1.54) is 5.69 Å². The first-order chi connectivity index (χ1) is 7.26. The number of nitrogen functional groups attached to an aromatic ring is 1. The Hall–Kier alpha value is -1.71. The summed E-state index contributed by atoms with van der Waals surface area (Å²) in [6.45, 7) is 4.20. The number of anilines is 1. The van der Waals surface area contributed by atoms with E-state index in [1.807, 2.05) is 0 Å². The molecule has 80 valence electrons. The molecule has 0 aliphatic rings. The zero-order chi connectivity index (χ0) is 10.8. The van der Waals surface area contributed by atoms with Crippen LogP contribution >= 0.6 is 0 Å². The molecule has 2 aromatic rings. The number of hydrogen-bond acceptors (Lipinski definition) is 2. The van der Waals surface area contributed by atoms with Gasteiger partial charge in [-0.2, -0.15) is 5.10 Å². The van der Waals surface area contributed by atoms with E-state index in [-0.39, 0.29) is 0 Å². The molecule has 4 nitrogen and oxygen atoms in total. The molecule has 0 atom stereocenters. The van der Waals surface area contributed by atoms with E-state index in [9.17, 15) is 0 Å². The van der Waals surface area contributed by atoms with Gasteiger partial charge in [-0.1, -0.05) is 13.8 Å². The van der Waals surface area contributed by atoms with Crippen LogP contribution in [-0.2, 0) is 12.8 Å². The molecule has 2 rings (SSSR count). The first-order valence-electron chi connectivity index (χ1n) is 5.27. The molecule has 0 saturated heterocycles. The van der Waals surface area contributed by atoms with Gasteiger partial charge >= 0.3 is 0 Å². The van der Waals surface area contributed by atoms with Gasteiger partial charge in [-0.15, -0.1) is 0 Å². The molecule has 0 saturated carbocycles. The summed E-state index contributed by atoms with van der Waals surface area (Å²) in [6, 6.07) is 4.15. The largest absolute Gasteiger partial charge is 0.382 e. The summed E-state index contributed by atoms with van der Waals surface area (Å²) >= 11 is 0. The lowest BCUT2D eigenvalue weighted by Gasteiger charge is -1.98. The highest BCUT2D eigenvalue weighted by molar-refractivity contribution is 5.65. The Balaban J connectivity index is 2.44. The van der Waals surface area contributed by atoms with Crippen LogP contribution in [0.15, 0.2) is 12.1 Å². The van der Waals surface area contributed by atoms with Crippen LogP contribution in [0.25, 0.3) is 11.4 Å². The van der Waals surface area contributed by atoms with Crippen LogP contribution in [-0.4, -0.2) is 15.2 Å². The maximum atomic E-state index is 5.77. The predicted molar refractivity (Wildman–Crippen MR) is 61.5 cm³/mol. The minimum atomic E-state index is 0.597. The number of H-pyrrole nitrogens is 2. The minimum Gasteiger partial charge on any atom is -0.382 e. The Kier molecular flexibility index (Phi) is 2.49. The van der Waals surface area contributed by atoms with Gasteiger partial charge in [0.2, 0.25) is 0 Å². The van der Waals surface area contributed by atoms with Crippen LogP contribution in [0.5, 0.6) is 0 Å². The number of nitrogens with two attached hydrogens (primary N) is 1. The van der Waals surface area contributed by atoms with Crippen LogP contribution in [0.2, 0.25) is 0 Å². The van der Waals surface area contributed by atoms with Crippen molar-refractivity contribution in [3.05, 3.63) is 23.4 Å². The molecule has 0 aromatic carbocycles. The minimum absolute atomic E-state index is 0.597. The fourth-order valence-electron chi connectivity index (χ4n) is 1.75. The van der Waals surface area contributed by atoms with Crippen LogP contribution in [0.4, 0.5) is 5.82 Å². The van der Waals surface area contributed by atoms with Crippen LogP contribution in [0.3, 0.4) is 0 Å². The molecule has 0 spiro atoms. The van der Waals surface area contributed by atoms with Gasteiger partial charge in [-0.05, 0) is 25.0 Å².